The van der Waals surface area contributed by atoms with E-state index in [4.69, 9.17) is 5.11 Å². The average molecular weight is 241 g/mol. The number of aromatic nitrogens is 3. The summed E-state index contributed by atoms with van der Waals surface area (Å²) in [5.41, 5.74) is 0. The number of alkyl halides is 4. The Kier molecular flexibility index (Phi) is 3.51. The first-order chi connectivity index (χ1) is 7.32. The molecule has 1 rings (SSSR count). The van der Waals surface area contributed by atoms with Crippen LogP contribution in [-0.4, -0.2) is 26.3 Å². The van der Waals surface area contributed by atoms with Crippen LogP contribution in [0, 0.1) is 0 Å². The molecular weight excluding hydrogens is 230 g/mol. The normalized spacial score (nSPS) is 12.8. The van der Waals surface area contributed by atoms with Gasteiger partial charge in [-0.25, -0.2) is 8.78 Å². The Labute approximate surface area is 88.9 Å². The summed E-state index contributed by atoms with van der Waals surface area (Å²) in [5.74, 6) is -5.66. The summed E-state index contributed by atoms with van der Waals surface area (Å²) in [6, 6.07) is -0.545. The fourth-order valence-electron chi connectivity index (χ4n) is 1.30. The fraction of sp³-hybridized carbons (Fsp3) is 0.750. The standard InChI is InChI=1S/C8H11F4N3O/c1-4(2)15-5(3-16)13-14-7(15)8(11,12)6(9)10/h4,6,16H,3H2,1-2H3. The summed E-state index contributed by atoms with van der Waals surface area (Å²) in [6.45, 7) is 2.38. The van der Waals surface area contributed by atoms with E-state index in [0.29, 0.717) is 0 Å². The molecule has 0 saturated heterocycles. The lowest BCUT2D eigenvalue weighted by atomic mass is 10.3. The third kappa shape index (κ3) is 2.01. The highest BCUT2D eigenvalue weighted by molar-refractivity contribution is 5.04. The molecule has 0 aliphatic rings. The Morgan fingerprint density at radius 3 is 2.25 bits per heavy atom. The van der Waals surface area contributed by atoms with E-state index < -0.39 is 30.8 Å². The van der Waals surface area contributed by atoms with Crippen LogP contribution in [0.4, 0.5) is 17.6 Å². The van der Waals surface area contributed by atoms with Crippen molar-refractivity contribution in [3.63, 3.8) is 0 Å². The van der Waals surface area contributed by atoms with Crippen LogP contribution in [0.25, 0.3) is 0 Å². The highest BCUT2D eigenvalue weighted by Crippen LogP contribution is 2.34. The minimum atomic E-state index is -4.37. The Hall–Kier alpha value is -1.18. The van der Waals surface area contributed by atoms with Gasteiger partial charge < -0.3 is 9.67 Å². The monoisotopic (exact) mass is 241 g/mol. The Bertz CT molecular complexity index is 364. The molecule has 0 radical (unpaired) electrons. The Morgan fingerprint density at radius 1 is 1.31 bits per heavy atom. The molecule has 0 unspecified atom stereocenters. The number of halogens is 4. The summed E-state index contributed by atoms with van der Waals surface area (Å²) < 4.78 is 51.3. The van der Waals surface area contributed by atoms with Gasteiger partial charge in [0.2, 0.25) is 5.82 Å². The van der Waals surface area contributed by atoms with Crippen molar-refractivity contribution in [3.05, 3.63) is 11.6 Å². The fourth-order valence-corrected chi connectivity index (χ4v) is 1.30. The maximum absolute atomic E-state index is 13.1. The van der Waals surface area contributed by atoms with Gasteiger partial charge in [0, 0.05) is 6.04 Å². The minimum Gasteiger partial charge on any atom is -0.388 e. The van der Waals surface area contributed by atoms with Crippen LogP contribution in [-0.2, 0) is 12.5 Å². The van der Waals surface area contributed by atoms with Crippen LogP contribution < -0.4 is 0 Å². The van der Waals surface area contributed by atoms with E-state index >= 15 is 0 Å². The largest absolute Gasteiger partial charge is 0.388 e. The van der Waals surface area contributed by atoms with Crippen LogP contribution in [0.1, 0.15) is 31.5 Å². The van der Waals surface area contributed by atoms with Gasteiger partial charge >= 0.3 is 12.3 Å². The van der Waals surface area contributed by atoms with Crippen molar-refractivity contribution in [2.45, 2.75) is 38.8 Å². The van der Waals surface area contributed by atoms with Gasteiger partial charge in [-0.1, -0.05) is 0 Å². The summed E-state index contributed by atoms with van der Waals surface area (Å²) in [6.07, 6.45) is -3.86. The van der Waals surface area contributed by atoms with Crippen LogP contribution in [0.5, 0.6) is 0 Å². The lowest BCUT2D eigenvalue weighted by Gasteiger charge is -2.18. The zero-order valence-electron chi connectivity index (χ0n) is 8.66. The molecule has 1 aromatic heterocycles. The molecule has 16 heavy (non-hydrogen) atoms. The molecule has 0 saturated carbocycles. The third-order valence-electron chi connectivity index (χ3n) is 2.00. The smallest absolute Gasteiger partial charge is 0.365 e. The van der Waals surface area contributed by atoms with Crippen molar-refractivity contribution in [2.75, 3.05) is 0 Å². The van der Waals surface area contributed by atoms with Crippen molar-refractivity contribution >= 4 is 0 Å². The summed E-state index contributed by atoms with van der Waals surface area (Å²) >= 11 is 0. The number of rotatable bonds is 4. The molecule has 0 aromatic carbocycles. The molecule has 1 aromatic rings. The Balaban J connectivity index is 3.29. The van der Waals surface area contributed by atoms with E-state index in [-0.39, 0.29) is 5.82 Å². The molecule has 0 aliphatic carbocycles. The molecular formula is C8H11F4N3O. The molecule has 0 spiro atoms. The second kappa shape index (κ2) is 4.36. The molecule has 0 fully saturated rings. The first-order valence-corrected chi connectivity index (χ1v) is 4.53. The second-order valence-corrected chi connectivity index (χ2v) is 3.49. The van der Waals surface area contributed by atoms with Gasteiger partial charge in [-0.3, -0.25) is 0 Å². The summed E-state index contributed by atoms with van der Waals surface area (Å²) in [7, 11) is 0. The van der Waals surface area contributed by atoms with Crippen LogP contribution in [0.3, 0.4) is 0 Å². The number of hydrogen-bond acceptors (Lipinski definition) is 3. The number of nitrogens with zero attached hydrogens (tertiary/aromatic N) is 3. The number of hydrogen-bond donors (Lipinski definition) is 1. The van der Waals surface area contributed by atoms with E-state index in [1.807, 2.05) is 0 Å². The molecule has 0 bridgehead atoms. The van der Waals surface area contributed by atoms with Crippen molar-refractivity contribution in [2.24, 2.45) is 0 Å². The van der Waals surface area contributed by atoms with Gasteiger partial charge in [0.05, 0.1) is 0 Å². The lowest BCUT2D eigenvalue weighted by molar-refractivity contribution is -0.143. The molecule has 4 nitrogen and oxygen atoms in total. The van der Waals surface area contributed by atoms with E-state index in [9.17, 15) is 17.6 Å². The molecule has 0 amide bonds. The zero-order valence-corrected chi connectivity index (χ0v) is 8.66. The average Bonchev–Trinajstić information content (AvgIpc) is 2.60. The Morgan fingerprint density at radius 2 is 1.88 bits per heavy atom. The van der Waals surface area contributed by atoms with E-state index in [0.717, 1.165) is 4.57 Å². The summed E-state index contributed by atoms with van der Waals surface area (Å²) in [5, 5.41) is 15.1. The number of aliphatic hydroxyl groups excluding tert-OH is 1. The zero-order chi connectivity index (χ0) is 12.5. The van der Waals surface area contributed by atoms with Crippen molar-refractivity contribution in [1.82, 2.24) is 14.8 Å². The molecule has 1 heterocycles. The maximum atomic E-state index is 13.1. The van der Waals surface area contributed by atoms with Gasteiger partial charge in [-0.2, -0.15) is 8.78 Å². The van der Waals surface area contributed by atoms with E-state index in [1.54, 1.807) is 0 Å². The van der Waals surface area contributed by atoms with Gasteiger partial charge in [0.15, 0.2) is 5.82 Å². The highest BCUT2D eigenvalue weighted by atomic mass is 19.3. The van der Waals surface area contributed by atoms with Gasteiger partial charge in [0.1, 0.15) is 6.61 Å². The predicted molar refractivity (Wildman–Crippen MR) is 46.2 cm³/mol. The van der Waals surface area contributed by atoms with Crippen molar-refractivity contribution in [3.8, 4) is 0 Å². The maximum Gasteiger partial charge on any atom is 0.365 e. The first-order valence-electron chi connectivity index (χ1n) is 4.53. The van der Waals surface area contributed by atoms with Gasteiger partial charge in [0.25, 0.3) is 0 Å². The molecule has 1 N–H and O–H groups in total. The summed E-state index contributed by atoms with van der Waals surface area (Å²) in [4.78, 5) is 0. The van der Waals surface area contributed by atoms with Gasteiger partial charge in [-0.05, 0) is 13.8 Å². The quantitative estimate of drug-likeness (QED) is 0.816. The molecule has 92 valence electrons. The van der Waals surface area contributed by atoms with Crippen LogP contribution in [0.15, 0.2) is 0 Å². The topological polar surface area (TPSA) is 50.9 Å². The van der Waals surface area contributed by atoms with E-state index in [1.165, 1.54) is 13.8 Å². The number of aliphatic hydroxyl groups is 1. The van der Waals surface area contributed by atoms with Crippen molar-refractivity contribution < 1.29 is 22.7 Å². The first kappa shape index (κ1) is 12.9. The van der Waals surface area contributed by atoms with Crippen molar-refractivity contribution in [1.29, 1.82) is 0 Å². The minimum absolute atomic E-state index is 0.162. The molecule has 0 atom stereocenters. The highest BCUT2D eigenvalue weighted by Gasteiger charge is 2.48. The predicted octanol–water partition coefficient (Wildman–Crippen LogP) is 1.71. The van der Waals surface area contributed by atoms with E-state index in [2.05, 4.69) is 10.2 Å². The SMILES string of the molecule is CC(C)n1c(CO)nnc1C(F)(F)C(F)F. The molecule has 0 aliphatic heterocycles. The second-order valence-electron chi connectivity index (χ2n) is 3.49. The van der Waals surface area contributed by atoms with Gasteiger partial charge in [-0.15, -0.1) is 10.2 Å². The molecule has 8 heteroatoms. The van der Waals surface area contributed by atoms with Crippen LogP contribution in [0.2, 0.25) is 0 Å². The third-order valence-corrected chi connectivity index (χ3v) is 2.00. The van der Waals surface area contributed by atoms with Crippen LogP contribution >= 0.6 is 0 Å². The lowest BCUT2D eigenvalue weighted by Crippen LogP contribution is -2.29.